The van der Waals surface area contributed by atoms with Gasteiger partial charge in [-0.1, -0.05) is 5.16 Å². The lowest BCUT2D eigenvalue weighted by atomic mass is 9.98. The van der Waals surface area contributed by atoms with Crippen molar-refractivity contribution in [2.24, 2.45) is 0 Å². The average molecular weight is 302 g/mol. The van der Waals surface area contributed by atoms with Crippen LogP contribution in [0.3, 0.4) is 0 Å². The van der Waals surface area contributed by atoms with Crippen molar-refractivity contribution >= 4 is 17.7 Å². The molecule has 2 rings (SSSR count). The summed E-state index contributed by atoms with van der Waals surface area (Å²) >= 11 is 5.65. The van der Waals surface area contributed by atoms with Crippen molar-refractivity contribution in [2.45, 2.75) is 51.0 Å². The zero-order chi connectivity index (χ0) is 14.8. The number of amides is 1. The number of rotatable bonds is 2. The van der Waals surface area contributed by atoms with Gasteiger partial charge in [0.1, 0.15) is 11.5 Å². The second-order valence-corrected chi connectivity index (χ2v) is 6.21. The molecule has 7 heteroatoms. The molecule has 1 aliphatic heterocycles. The lowest BCUT2D eigenvalue weighted by Gasteiger charge is -2.32. The third kappa shape index (κ3) is 3.85. The predicted octanol–water partition coefficient (Wildman–Crippen LogP) is 2.92. The van der Waals surface area contributed by atoms with Crippen LogP contribution in [0, 0.1) is 0 Å². The molecule has 0 aliphatic carbocycles. The number of ether oxygens (including phenoxy) is 1. The largest absolute Gasteiger partial charge is 0.444 e. The van der Waals surface area contributed by atoms with E-state index in [9.17, 15) is 4.79 Å². The quantitative estimate of drug-likeness (QED) is 0.786. The van der Waals surface area contributed by atoms with E-state index in [4.69, 9.17) is 20.9 Å². The van der Waals surface area contributed by atoms with E-state index >= 15 is 0 Å². The summed E-state index contributed by atoms with van der Waals surface area (Å²) in [5, 5.41) is 3.93. The van der Waals surface area contributed by atoms with E-state index in [-0.39, 0.29) is 17.9 Å². The Kier molecular flexibility index (Phi) is 4.52. The van der Waals surface area contributed by atoms with Crippen molar-refractivity contribution in [3.05, 3.63) is 11.7 Å². The number of carbonyl (C=O) groups is 1. The molecule has 1 aromatic heterocycles. The molecule has 0 N–H and O–H groups in total. The number of likely N-dealkylation sites (tertiary alicyclic amines) is 1. The normalized spacial score (nSPS) is 20.0. The van der Waals surface area contributed by atoms with Gasteiger partial charge in [0.05, 0.1) is 0 Å². The topological polar surface area (TPSA) is 68.5 Å². The molecule has 1 saturated heterocycles. The molecule has 2 heterocycles. The van der Waals surface area contributed by atoms with Crippen LogP contribution < -0.4 is 0 Å². The van der Waals surface area contributed by atoms with E-state index in [1.807, 2.05) is 20.8 Å². The molecule has 1 unspecified atom stereocenters. The average Bonchev–Trinajstić information content (AvgIpc) is 2.85. The zero-order valence-corrected chi connectivity index (χ0v) is 12.8. The van der Waals surface area contributed by atoms with Gasteiger partial charge in [-0.2, -0.15) is 4.98 Å². The summed E-state index contributed by atoms with van der Waals surface area (Å²) in [7, 11) is 0. The van der Waals surface area contributed by atoms with Crippen LogP contribution in [0.4, 0.5) is 4.79 Å². The van der Waals surface area contributed by atoms with Crippen molar-refractivity contribution in [1.82, 2.24) is 15.0 Å². The summed E-state index contributed by atoms with van der Waals surface area (Å²) < 4.78 is 10.4. The number of hydrogen-bond acceptors (Lipinski definition) is 5. The maximum absolute atomic E-state index is 12.1. The van der Waals surface area contributed by atoms with E-state index in [2.05, 4.69) is 10.1 Å². The molecule has 20 heavy (non-hydrogen) atoms. The molecule has 1 fully saturated rings. The summed E-state index contributed by atoms with van der Waals surface area (Å²) in [6.07, 6.45) is 1.54. The van der Waals surface area contributed by atoms with Gasteiger partial charge < -0.3 is 14.2 Å². The van der Waals surface area contributed by atoms with Crippen molar-refractivity contribution in [3.8, 4) is 0 Å². The molecule has 0 saturated carbocycles. The second kappa shape index (κ2) is 5.99. The highest BCUT2D eigenvalue weighted by Gasteiger charge is 2.30. The third-order valence-corrected chi connectivity index (χ3v) is 3.26. The monoisotopic (exact) mass is 301 g/mol. The number of halogens is 1. The van der Waals surface area contributed by atoms with Crippen LogP contribution in [0.1, 0.15) is 51.2 Å². The van der Waals surface area contributed by atoms with Crippen LogP contribution in [0.5, 0.6) is 0 Å². The Morgan fingerprint density at radius 1 is 1.55 bits per heavy atom. The van der Waals surface area contributed by atoms with Gasteiger partial charge in [-0.15, -0.1) is 11.6 Å². The molecular formula is C13H20ClN3O3. The van der Waals surface area contributed by atoms with E-state index < -0.39 is 5.60 Å². The van der Waals surface area contributed by atoms with Gasteiger partial charge in [-0.25, -0.2) is 4.79 Å². The summed E-state index contributed by atoms with van der Waals surface area (Å²) in [4.78, 5) is 18.0. The minimum Gasteiger partial charge on any atom is -0.444 e. The Bertz CT molecular complexity index is 470. The van der Waals surface area contributed by atoms with Gasteiger partial charge in [-0.3, -0.25) is 0 Å². The Hall–Kier alpha value is -1.30. The highest BCUT2D eigenvalue weighted by atomic mass is 35.5. The highest BCUT2D eigenvalue weighted by Crippen LogP contribution is 2.26. The summed E-state index contributed by atoms with van der Waals surface area (Å²) in [6, 6.07) is 0. The molecule has 1 aromatic rings. The van der Waals surface area contributed by atoms with Crippen LogP contribution in [0.15, 0.2) is 4.52 Å². The number of nitrogens with zero attached hydrogens (tertiary/aromatic N) is 3. The molecule has 1 atom stereocenters. The molecule has 0 radical (unpaired) electrons. The molecule has 1 amide bonds. The summed E-state index contributed by atoms with van der Waals surface area (Å²) in [6.45, 7) is 6.83. The fourth-order valence-electron chi connectivity index (χ4n) is 2.17. The molecule has 0 spiro atoms. The first kappa shape index (κ1) is 15.1. The summed E-state index contributed by atoms with van der Waals surface area (Å²) in [5.41, 5.74) is -0.484. The molecule has 6 nitrogen and oxygen atoms in total. The molecule has 0 bridgehead atoms. The summed E-state index contributed by atoms with van der Waals surface area (Å²) in [5.74, 6) is 1.32. The predicted molar refractivity (Wildman–Crippen MR) is 73.6 cm³/mol. The first-order valence-corrected chi connectivity index (χ1v) is 7.29. The number of carbonyl (C=O) groups excluding carboxylic acids is 1. The standard InChI is InChI=1S/C13H20ClN3O3/c1-13(2,3)19-12(18)17-6-4-5-9(8-17)11-15-10(7-14)20-16-11/h9H,4-8H2,1-3H3. The van der Waals surface area contributed by atoms with Crippen molar-refractivity contribution in [3.63, 3.8) is 0 Å². The molecule has 1 aliphatic rings. The third-order valence-electron chi connectivity index (χ3n) is 3.04. The molecule has 112 valence electrons. The van der Waals surface area contributed by atoms with E-state index in [1.165, 1.54) is 0 Å². The van der Waals surface area contributed by atoms with Gasteiger partial charge in [0.2, 0.25) is 5.89 Å². The number of hydrogen-bond donors (Lipinski definition) is 0. The second-order valence-electron chi connectivity index (χ2n) is 5.95. The van der Waals surface area contributed by atoms with Crippen LogP contribution in [-0.2, 0) is 10.6 Å². The first-order chi connectivity index (χ1) is 9.39. The van der Waals surface area contributed by atoms with Gasteiger partial charge in [0.25, 0.3) is 0 Å². The van der Waals surface area contributed by atoms with Crippen LogP contribution in [0.25, 0.3) is 0 Å². The minimum atomic E-state index is -0.484. The highest BCUT2D eigenvalue weighted by molar-refractivity contribution is 6.16. The van der Waals surface area contributed by atoms with E-state index in [0.29, 0.717) is 24.8 Å². The van der Waals surface area contributed by atoms with Crippen LogP contribution >= 0.6 is 11.6 Å². The fourth-order valence-corrected chi connectivity index (χ4v) is 2.28. The Labute approximate surface area is 123 Å². The smallest absolute Gasteiger partial charge is 0.410 e. The van der Waals surface area contributed by atoms with Gasteiger partial charge in [0, 0.05) is 19.0 Å². The molecule has 0 aromatic carbocycles. The Morgan fingerprint density at radius 3 is 2.90 bits per heavy atom. The Balaban J connectivity index is 1.99. The van der Waals surface area contributed by atoms with Crippen molar-refractivity contribution < 1.29 is 14.1 Å². The zero-order valence-electron chi connectivity index (χ0n) is 12.1. The van der Waals surface area contributed by atoms with Crippen LogP contribution in [-0.4, -0.2) is 39.8 Å². The minimum absolute atomic E-state index is 0.0805. The fraction of sp³-hybridized carbons (Fsp3) is 0.769. The van der Waals surface area contributed by atoms with Crippen molar-refractivity contribution in [2.75, 3.05) is 13.1 Å². The number of piperidine rings is 1. The van der Waals surface area contributed by atoms with Gasteiger partial charge in [0.15, 0.2) is 5.82 Å². The van der Waals surface area contributed by atoms with Gasteiger partial charge >= 0.3 is 6.09 Å². The number of aromatic nitrogens is 2. The van der Waals surface area contributed by atoms with E-state index in [0.717, 1.165) is 12.8 Å². The lowest BCUT2D eigenvalue weighted by molar-refractivity contribution is 0.0195. The molecular weight excluding hydrogens is 282 g/mol. The Morgan fingerprint density at radius 2 is 2.30 bits per heavy atom. The SMILES string of the molecule is CC(C)(C)OC(=O)N1CCCC(c2noc(CCl)n2)C1. The maximum atomic E-state index is 12.1. The maximum Gasteiger partial charge on any atom is 0.410 e. The van der Waals surface area contributed by atoms with Crippen LogP contribution in [0.2, 0.25) is 0 Å². The van der Waals surface area contributed by atoms with Crippen molar-refractivity contribution in [1.29, 1.82) is 0 Å². The first-order valence-electron chi connectivity index (χ1n) is 6.75. The van der Waals surface area contributed by atoms with E-state index in [1.54, 1.807) is 4.90 Å². The lowest BCUT2D eigenvalue weighted by Crippen LogP contribution is -2.42. The van der Waals surface area contributed by atoms with Gasteiger partial charge in [-0.05, 0) is 33.6 Å². The number of alkyl halides is 1.